The zero-order valence-corrected chi connectivity index (χ0v) is 11.7. The Labute approximate surface area is 109 Å². The van der Waals surface area contributed by atoms with Gasteiger partial charge in [-0.25, -0.2) is 0 Å². The van der Waals surface area contributed by atoms with E-state index in [0.717, 1.165) is 25.7 Å². The lowest BCUT2D eigenvalue weighted by Gasteiger charge is -2.24. The Bertz CT molecular complexity index is 373. The Balaban J connectivity index is 2.75. The summed E-state index contributed by atoms with van der Waals surface area (Å²) in [5, 5.41) is 9.02. The zero-order chi connectivity index (χ0) is 13.8. The maximum Gasteiger partial charge on any atom is 0.322 e. The second-order valence-electron chi connectivity index (χ2n) is 5.00. The van der Waals surface area contributed by atoms with Crippen molar-refractivity contribution in [3.63, 3.8) is 0 Å². The average molecular weight is 278 g/mol. The number of hydrogen-bond acceptors (Lipinski definition) is 3. The van der Waals surface area contributed by atoms with Gasteiger partial charge in [0.1, 0.15) is 6.04 Å². The van der Waals surface area contributed by atoms with Gasteiger partial charge in [0, 0.05) is 13.1 Å². The molecule has 6 nitrogen and oxygen atoms in total. The number of hydrogen-bond donors (Lipinski definition) is 2. The summed E-state index contributed by atoms with van der Waals surface area (Å²) in [4.78, 5) is 11.0. The Kier molecular flexibility index (Phi) is 5.55. The highest BCUT2D eigenvalue weighted by Crippen LogP contribution is 2.14. The quantitative estimate of drug-likeness (QED) is 0.779. The van der Waals surface area contributed by atoms with Gasteiger partial charge in [0.2, 0.25) is 0 Å². The van der Waals surface area contributed by atoms with Crippen LogP contribution in [0.25, 0.3) is 0 Å². The van der Waals surface area contributed by atoms with E-state index in [2.05, 4.69) is 4.72 Å². The molecule has 0 bridgehead atoms. The van der Waals surface area contributed by atoms with E-state index in [4.69, 9.17) is 5.11 Å². The standard InChI is InChI=1S/C11H22N2O4S/c1-9(2)10(11(14)15)12-18(16,17)13-7-5-3-4-6-8-13/h9-10,12H,3-8H2,1-2H3,(H,14,15). The van der Waals surface area contributed by atoms with E-state index in [1.807, 2.05) is 0 Å². The van der Waals surface area contributed by atoms with Crippen molar-refractivity contribution in [1.82, 2.24) is 9.03 Å². The van der Waals surface area contributed by atoms with Crippen molar-refractivity contribution in [3.05, 3.63) is 0 Å². The number of carboxylic acids is 1. The van der Waals surface area contributed by atoms with Gasteiger partial charge in [-0.2, -0.15) is 17.4 Å². The fraction of sp³-hybridized carbons (Fsp3) is 0.909. The van der Waals surface area contributed by atoms with Crippen LogP contribution in [0.4, 0.5) is 0 Å². The highest BCUT2D eigenvalue weighted by molar-refractivity contribution is 7.87. The maximum atomic E-state index is 12.1. The predicted octanol–water partition coefficient (Wildman–Crippen LogP) is 0.806. The summed E-state index contributed by atoms with van der Waals surface area (Å²) in [6, 6.07) is -1.07. The van der Waals surface area contributed by atoms with Crippen LogP contribution >= 0.6 is 0 Å². The van der Waals surface area contributed by atoms with E-state index < -0.39 is 22.2 Å². The minimum Gasteiger partial charge on any atom is -0.480 e. The zero-order valence-electron chi connectivity index (χ0n) is 10.9. The average Bonchev–Trinajstić information content (AvgIpc) is 2.54. The molecule has 1 fully saturated rings. The minimum atomic E-state index is -3.69. The third-order valence-corrected chi connectivity index (χ3v) is 4.71. The Hall–Kier alpha value is -0.660. The van der Waals surface area contributed by atoms with Crippen molar-refractivity contribution < 1.29 is 18.3 Å². The molecule has 1 atom stereocenters. The second kappa shape index (κ2) is 6.49. The number of carbonyl (C=O) groups is 1. The molecule has 0 saturated carbocycles. The van der Waals surface area contributed by atoms with Gasteiger partial charge in [0.25, 0.3) is 10.2 Å². The van der Waals surface area contributed by atoms with Crippen LogP contribution in [0.5, 0.6) is 0 Å². The molecule has 0 amide bonds. The first kappa shape index (κ1) is 15.4. The van der Waals surface area contributed by atoms with E-state index in [-0.39, 0.29) is 5.92 Å². The first-order valence-corrected chi connectivity index (χ1v) is 7.79. The monoisotopic (exact) mass is 278 g/mol. The third kappa shape index (κ3) is 4.22. The normalized spacial score (nSPS) is 20.6. The molecular weight excluding hydrogens is 256 g/mol. The molecule has 18 heavy (non-hydrogen) atoms. The van der Waals surface area contributed by atoms with E-state index in [1.165, 1.54) is 4.31 Å². The molecule has 7 heteroatoms. The van der Waals surface area contributed by atoms with Gasteiger partial charge in [-0.05, 0) is 18.8 Å². The molecule has 0 aromatic heterocycles. The molecule has 1 unspecified atom stereocenters. The van der Waals surface area contributed by atoms with Crippen LogP contribution < -0.4 is 4.72 Å². The van der Waals surface area contributed by atoms with Crippen LogP contribution in [0.15, 0.2) is 0 Å². The fourth-order valence-corrected chi connectivity index (χ4v) is 3.57. The van der Waals surface area contributed by atoms with E-state index in [1.54, 1.807) is 13.8 Å². The first-order valence-electron chi connectivity index (χ1n) is 6.35. The van der Waals surface area contributed by atoms with Crippen LogP contribution in [0.1, 0.15) is 39.5 Å². The maximum absolute atomic E-state index is 12.1. The molecule has 1 aliphatic rings. The summed E-state index contributed by atoms with van der Waals surface area (Å²) in [6.07, 6.45) is 3.72. The van der Waals surface area contributed by atoms with Gasteiger partial charge in [0.05, 0.1) is 0 Å². The lowest BCUT2D eigenvalue weighted by atomic mass is 10.1. The highest BCUT2D eigenvalue weighted by atomic mass is 32.2. The largest absolute Gasteiger partial charge is 0.480 e. The summed E-state index contributed by atoms with van der Waals surface area (Å²) >= 11 is 0. The Morgan fingerprint density at radius 3 is 2.06 bits per heavy atom. The van der Waals surface area contributed by atoms with Gasteiger partial charge in [-0.3, -0.25) is 4.79 Å². The molecule has 0 aromatic carbocycles. The van der Waals surface area contributed by atoms with Gasteiger partial charge >= 0.3 is 5.97 Å². The lowest BCUT2D eigenvalue weighted by Crippen LogP contribution is -2.50. The van der Waals surface area contributed by atoms with E-state index in [9.17, 15) is 13.2 Å². The second-order valence-corrected chi connectivity index (χ2v) is 6.70. The number of rotatable bonds is 5. The molecule has 0 spiro atoms. The molecular formula is C11H22N2O4S. The molecule has 1 aliphatic heterocycles. The minimum absolute atomic E-state index is 0.288. The topological polar surface area (TPSA) is 86.7 Å². The Morgan fingerprint density at radius 1 is 1.17 bits per heavy atom. The van der Waals surface area contributed by atoms with E-state index >= 15 is 0 Å². The van der Waals surface area contributed by atoms with Gasteiger partial charge in [-0.1, -0.05) is 26.7 Å². The molecule has 106 valence electrons. The number of aliphatic carboxylic acids is 1. The van der Waals surface area contributed by atoms with Crippen molar-refractivity contribution in [2.75, 3.05) is 13.1 Å². The van der Waals surface area contributed by atoms with Crippen LogP contribution in [0, 0.1) is 5.92 Å². The Morgan fingerprint density at radius 2 is 1.67 bits per heavy atom. The van der Waals surface area contributed by atoms with Gasteiger partial charge in [0.15, 0.2) is 0 Å². The summed E-state index contributed by atoms with van der Waals surface area (Å²) in [7, 11) is -3.69. The van der Waals surface area contributed by atoms with Crippen LogP contribution in [-0.2, 0) is 15.0 Å². The molecule has 1 heterocycles. The first-order chi connectivity index (χ1) is 8.34. The number of nitrogens with one attached hydrogen (secondary N) is 1. The number of nitrogens with zero attached hydrogens (tertiary/aromatic N) is 1. The SMILES string of the molecule is CC(C)C(NS(=O)(=O)N1CCCCCC1)C(=O)O. The van der Waals surface area contributed by atoms with Crippen molar-refractivity contribution in [2.45, 2.75) is 45.6 Å². The third-order valence-electron chi connectivity index (χ3n) is 3.11. The van der Waals surface area contributed by atoms with Crippen LogP contribution in [-0.4, -0.2) is 42.9 Å². The lowest BCUT2D eigenvalue weighted by molar-refractivity contribution is -0.140. The van der Waals surface area contributed by atoms with E-state index in [0.29, 0.717) is 13.1 Å². The molecule has 0 radical (unpaired) electrons. The van der Waals surface area contributed by atoms with Crippen molar-refractivity contribution >= 4 is 16.2 Å². The predicted molar refractivity (Wildman–Crippen MR) is 68.4 cm³/mol. The summed E-state index contributed by atoms with van der Waals surface area (Å²) in [5.74, 6) is -1.42. The highest BCUT2D eigenvalue weighted by Gasteiger charge is 2.31. The van der Waals surface area contributed by atoms with Gasteiger partial charge < -0.3 is 5.11 Å². The summed E-state index contributed by atoms with van der Waals surface area (Å²) in [6.45, 7) is 4.31. The van der Waals surface area contributed by atoms with Crippen molar-refractivity contribution in [2.24, 2.45) is 5.92 Å². The smallest absolute Gasteiger partial charge is 0.322 e. The van der Waals surface area contributed by atoms with Crippen molar-refractivity contribution in [3.8, 4) is 0 Å². The number of carboxylic acid groups (broad SMARTS) is 1. The molecule has 0 aliphatic carbocycles. The molecule has 1 rings (SSSR count). The van der Waals surface area contributed by atoms with Crippen LogP contribution in [0.2, 0.25) is 0 Å². The van der Waals surface area contributed by atoms with Crippen molar-refractivity contribution in [1.29, 1.82) is 0 Å². The van der Waals surface area contributed by atoms with Gasteiger partial charge in [-0.15, -0.1) is 0 Å². The molecule has 1 saturated heterocycles. The molecule has 2 N–H and O–H groups in total. The fourth-order valence-electron chi connectivity index (χ4n) is 1.99. The summed E-state index contributed by atoms with van der Waals surface area (Å²) < 4.78 is 27.9. The molecule has 0 aromatic rings. The summed E-state index contributed by atoms with van der Waals surface area (Å²) in [5.41, 5.74) is 0. The van der Waals surface area contributed by atoms with Crippen LogP contribution in [0.3, 0.4) is 0 Å².